The van der Waals surface area contributed by atoms with Gasteiger partial charge in [0.15, 0.2) is 11.5 Å². The van der Waals surface area contributed by atoms with Crippen molar-refractivity contribution >= 4 is 0 Å². The fourth-order valence-corrected chi connectivity index (χ4v) is 2.70. The Labute approximate surface area is 144 Å². The molecular weight excluding hydrogens is 302 g/mol. The summed E-state index contributed by atoms with van der Waals surface area (Å²) in [7, 11) is 1.63. The predicted molar refractivity (Wildman–Crippen MR) is 96.5 cm³/mol. The number of aliphatic hydroxyl groups is 1. The largest absolute Gasteiger partial charge is 0.493 e. The monoisotopic (exact) mass is 329 g/mol. The third-order valence-corrected chi connectivity index (χ3v) is 3.91. The molecule has 2 aromatic rings. The lowest BCUT2D eigenvalue weighted by atomic mass is 10.0. The molecule has 0 fully saturated rings. The molecular formula is C20H27NO3. The molecule has 0 aromatic heterocycles. The van der Waals surface area contributed by atoms with Crippen LogP contribution in [0.4, 0.5) is 0 Å². The van der Waals surface area contributed by atoms with E-state index in [1.807, 2.05) is 24.3 Å². The van der Waals surface area contributed by atoms with Gasteiger partial charge in [-0.15, -0.1) is 0 Å². The number of methoxy groups -OCH3 is 1. The van der Waals surface area contributed by atoms with E-state index in [0.29, 0.717) is 17.5 Å². The van der Waals surface area contributed by atoms with Gasteiger partial charge in [-0.3, -0.25) is 0 Å². The third-order valence-electron chi connectivity index (χ3n) is 3.91. The highest BCUT2D eigenvalue weighted by molar-refractivity contribution is 5.43. The maximum Gasteiger partial charge on any atom is 0.161 e. The number of ether oxygens (including phenoxy) is 2. The van der Waals surface area contributed by atoms with Crippen molar-refractivity contribution in [3.05, 3.63) is 59.7 Å². The summed E-state index contributed by atoms with van der Waals surface area (Å²) in [4.78, 5) is 0. The summed E-state index contributed by atoms with van der Waals surface area (Å²) in [5.74, 6) is 1.35. The Morgan fingerprint density at radius 3 is 2.54 bits per heavy atom. The van der Waals surface area contributed by atoms with E-state index < -0.39 is 0 Å². The number of hydrogen-bond donors (Lipinski definition) is 2. The van der Waals surface area contributed by atoms with Crippen molar-refractivity contribution in [2.24, 2.45) is 0 Å². The van der Waals surface area contributed by atoms with Crippen LogP contribution in [-0.2, 0) is 6.54 Å². The average Bonchev–Trinajstić information content (AvgIpc) is 2.64. The quantitative estimate of drug-likeness (QED) is 0.698. The molecule has 1 unspecified atom stereocenters. The second kappa shape index (κ2) is 9.96. The molecule has 0 amide bonds. The van der Waals surface area contributed by atoms with Crippen molar-refractivity contribution in [1.82, 2.24) is 5.32 Å². The smallest absolute Gasteiger partial charge is 0.161 e. The van der Waals surface area contributed by atoms with Crippen LogP contribution in [0.15, 0.2) is 48.5 Å². The summed E-state index contributed by atoms with van der Waals surface area (Å²) in [5, 5.41) is 12.5. The first-order valence-electron chi connectivity index (χ1n) is 8.47. The lowest BCUT2D eigenvalue weighted by Gasteiger charge is -2.19. The molecule has 24 heavy (non-hydrogen) atoms. The molecule has 0 spiro atoms. The summed E-state index contributed by atoms with van der Waals surface area (Å²) in [5.41, 5.74) is 2.45. The second-order valence-electron chi connectivity index (χ2n) is 5.69. The first kappa shape index (κ1) is 18.3. The lowest BCUT2D eigenvalue weighted by molar-refractivity contribution is 0.196. The van der Waals surface area contributed by atoms with Crippen LogP contribution in [0.3, 0.4) is 0 Å². The van der Waals surface area contributed by atoms with E-state index in [0.717, 1.165) is 24.9 Å². The zero-order valence-corrected chi connectivity index (χ0v) is 14.5. The minimum absolute atomic E-state index is 0.0117. The summed E-state index contributed by atoms with van der Waals surface area (Å²) in [6.07, 6.45) is 2.22. The van der Waals surface area contributed by atoms with Gasteiger partial charge in [-0.05, 0) is 29.7 Å². The van der Waals surface area contributed by atoms with Gasteiger partial charge in [0.05, 0.1) is 13.7 Å². The zero-order chi connectivity index (χ0) is 17.2. The lowest BCUT2D eigenvalue weighted by Crippen LogP contribution is -2.20. The summed E-state index contributed by atoms with van der Waals surface area (Å²) < 4.78 is 10.9. The third kappa shape index (κ3) is 5.25. The highest BCUT2D eigenvalue weighted by Gasteiger charge is 2.11. The second-order valence-corrected chi connectivity index (χ2v) is 5.69. The molecule has 0 saturated carbocycles. The van der Waals surface area contributed by atoms with E-state index in [9.17, 15) is 0 Å². The van der Waals surface area contributed by atoms with E-state index in [2.05, 4.69) is 36.5 Å². The summed E-state index contributed by atoms with van der Waals surface area (Å²) >= 11 is 0. The molecule has 2 N–H and O–H groups in total. The fourth-order valence-electron chi connectivity index (χ4n) is 2.70. The van der Waals surface area contributed by atoms with Crippen LogP contribution in [-0.4, -0.2) is 25.4 Å². The van der Waals surface area contributed by atoms with Gasteiger partial charge in [-0.25, -0.2) is 0 Å². The van der Waals surface area contributed by atoms with Crippen molar-refractivity contribution in [3.8, 4) is 11.5 Å². The number of benzene rings is 2. The fraction of sp³-hybridized carbons (Fsp3) is 0.400. The van der Waals surface area contributed by atoms with E-state index in [-0.39, 0.29) is 13.2 Å². The molecule has 0 saturated heterocycles. The molecule has 0 aliphatic carbocycles. The van der Waals surface area contributed by atoms with Crippen molar-refractivity contribution in [3.63, 3.8) is 0 Å². The van der Waals surface area contributed by atoms with Gasteiger partial charge in [0.2, 0.25) is 0 Å². The van der Waals surface area contributed by atoms with Gasteiger partial charge in [0.25, 0.3) is 0 Å². The van der Waals surface area contributed by atoms with Gasteiger partial charge >= 0.3 is 0 Å². The van der Waals surface area contributed by atoms with Crippen molar-refractivity contribution in [2.75, 3.05) is 20.3 Å². The van der Waals surface area contributed by atoms with Crippen molar-refractivity contribution in [2.45, 2.75) is 32.4 Å². The SMILES string of the molecule is CCCC(NCc1ccc(OCCO)c(OC)c1)c1ccccc1. The molecule has 2 rings (SSSR count). The number of hydrogen-bond acceptors (Lipinski definition) is 4. The Morgan fingerprint density at radius 2 is 1.88 bits per heavy atom. The summed E-state index contributed by atoms with van der Waals surface area (Å²) in [6.45, 7) is 3.22. The maximum absolute atomic E-state index is 8.87. The van der Waals surface area contributed by atoms with E-state index in [4.69, 9.17) is 14.6 Å². The summed E-state index contributed by atoms with van der Waals surface area (Å²) in [6, 6.07) is 16.8. The average molecular weight is 329 g/mol. The van der Waals surface area contributed by atoms with Crippen LogP contribution < -0.4 is 14.8 Å². The Balaban J connectivity index is 2.03. The van der Waals surface area contributed by atoms with Crippen LogP contribution in [0.2, 0.25) is 0 Å². The highest BCUT2D eigenvalue weighted by atomic mass is 16.5. The first-order chi connectivity index (χ1) is 11.8. The number of aliphatic hydroxyl groups excluding tert-OH is 1. The molecule has 0 aliphatic heterocycles. The Morgan fingerprint density at radius 1 is 1.08 bits per heavy atom. The van der Waals surface area contributed by atoms with Crippen molar-refractivity contribution < 1.29 is 14.6 Å². The molecule has 4 heteroatoms. The first-order valence-corrected chi connectivity index (χ1v) is 8.47. The molecule has 1 atom stereocenters. The minimum Gasteiger partial charge on any atom is -0.493 e. The van der Waals surface area contributed by atoms with Gasteiger partial charge < -0.3 is 19.9 Å². The Bertz CT molecular complexity index is 601. The highest BCUT2D eigenvalue weighted by Crippen LogP contribution is 2.28. The number of nitrogens with one attached hydrogen (secondary N) is 1. The van der Waals surface area contributed by atoms with E-state index in [1.54, 1.807) is 7.11 Å². The minimum atomic E-state index is -0.0117. The maximum atomic E-state index is 8.87. The Kier molecular flexibility index (Phi) is 7.59. The molecule has 4 nitrogen and oxygen atoms in total. The molecule has 2 aromatic carbocycles. The van der Waals surface area contributed by atoms with Crippen LogP contribution >= 0.6 is 0 Å². The zero-order valence-electron chi connectivity index (χ0n) is 14.5. The van der Waals surface area contributed by atoms with Crippen LogP contribution in [0.5, 0.6) is 11.5 Å². The topological polar surface area (TPSA) is 50.7 Å². The van der Waals surface area contributed by atoms with Gasteiger partial charge in [0, 0.05) is 12.6 Å². The van der Waals surface area contributed by atoms with Crippen LogP contribution in [0.1, 0.15) is 36.9 Å². The van der Waals surface area contributed by atoms with E-state index in [1.165, 1.54) is 5.56 Å². The van der Waals surface area contributed by atoms with E-state index >= 15 is 0 Å². The normalized spacial score (nSPS) is 12.0. The molecule has 0 radical (unpaired) electrons. The van der Waals surface area contributed by atoms with Gasteiger partial charge in [0.1, 0.15) is 6.61 Å². The van der Waals surface area contributed by atoms with Crippen LogP contribution in [0.25, 0.3) is 0 Å². The molecule has 0 heterocycles. The predicted octanol–water partition coefficient (Wildman–Crippen LogP) is 3.70. The standard InChI is InChI=1S/C20H27NO3/c1-3-7-18(17-8-5-4-6-9-17)21-15-16-10-11-19(24-13-12-22)20(14-16)23-2/h4-6,8-11,14,18,21-22H,3,7,12-13,15H2,1-2H3. The Hall–Kier alpha value is -2.04. The molecule has 0 bridgehead atoms. The van der Waals surface area contributed by atoms with Gasteiger partial charge in [-0.2, -0.15) is 0 Å². The van der Waals surface area contributed by atoms with Gasteiger partial charge in [-0.1, -0.05) is 49.7 Å². The molecule has 0 aliphatic rings. The molecule has 130 valence electrons. The number of rotatable bonds is 10. The van der Waals surface area contributed by atoms with Crippen molar-refractivity contribution in [1.29, 1.82) is 0 Å². The van der Waals surface area contributed by atoms with Crippen LogP contribution in [0, 0.1) is 0 Å².